The third-order valence-electron chi connectivity index (χ3n) is 3.39. The zero-order chi connectivity index (χ0) is 17.4. The lowest BCUT2D eigenvalue weighted by Crippen LogP contribution is -2.34. The molecule has 2 aromatic carbocycles. The van der Waals surface area contributed by atoms with E-state index in [9.17, 15) is 13.6 Å². The Labute approximate surface area is 152 Å². The molecule has 2 rings (SSSR count). The number of hydrogen-bond donors (Lipinski definition) is 2. The summed E-state index contributed by atoms with van der Waals surface area (Å²) in [5, 5.41) is 5.78. The van der Waals surface area contributed by atoms with Crippen LogP contribution in [0.5, 0.6) is 5.75 Å². The summed E-state index contributed by atoms with van der Waals surface area (Å²) in [5.74, 6) is -2.22. The number of carbonyl (C=O) groups excluding carboxylic acids is 1. The quantitative estimate of drug-likeness (QED) is 0.701. The van der Waals surface area contributed by atoms with Crippen molar-refractivity contribution in [1.82, 2.24) is 10.6 Å². The van der Waals surface area contributed by atoms with Gasteiger partial charge >= 0.3 is 0 Å². The van der Waals surface area contributed by atoms with Gasteiger partial charge < -0.3 is 15.4 Å². The molecule has 1 amide bonds. The molecule has 0 fully saturated rings. The minimum atomic E-state index is -1.02. The average molecular weight is 371 g/mol. The van der Waals surface area contributed by atoms with Crippen molar-refractivity contribution in [1.29, 1.82) is 0 Å². The Morgan fingerprint density at radius 3 is 2.44 bits per heavy atom. The minimum absolute atomic E-state index is 0. The summed E-state index contributed by atoms with van der Waals surface area (Å²) < 4.78 is 32.0. The summed E-state index contributed by atoms with van der Waals surface area (Å²) in [7, 11) is 1.83. The monoisotopic (exact) mass is 370 g/mol. The molecule has 1 unspecified atom stereocenters. The van der Waals surface area contributed by atoms with E-state index in [1.54, 1.807) is 24.3 Å². The van der Waals surface area contributed by atoms with Crippen LogP contribution in [0.1, 0.15) is 18.1 Å². The number of hydrogen-bond acceptors (Lipinski definition) is 3. The molecule has 0 spiro atoms. The van der Waals surface area contributed by atoms with E-state index in [-0.39, 0.29) is 24.1 Å². The molecule has 1 atom stereocenters. The Morgan fingerprint density at radius 2 is 1.80 bits per heavy atom. The summed E-state index contributed by atoms with van der Waals surface area (Å²) in [6.07, 6.45) is -0.166. The van der Waals surface area contributed by atoms with Gasteiger partial charge in [-0.25, -0.2) is 8.78 Å². The van der Waals surface area contributed by atoms with Crippen LogP contribution in [0.3, 0.4) is 0 Å². The van der Waals surface area contributed by atoms with Crippen molar-refractivity contribution in [2.75, 3.05) is 20.1 Å². The van der Waals surface area contributed by atoms with Crippen LogP contribution < -0.4 is 15.4 Å². The van der Waals surface area contributed by atoms with Crippen molar-refractivity contribution in [2.45, 2.75) is 12.5 Å². The van der Waals surface area contributed by atoms with Gasteiger partial charge in [0, 0.05) is 18.2 Å². The largest absolute Gasteiger partial charge is 0.476 e. The molecule has 0 aliphatic rings. The van der Waals surface area contributed by atoms with E-state index in [0.717, 1.165) is 25.1 Å². The van der Waals surface area contributed by atoms with Gasteiger partial charge in [0.1, 0.15) is 5.75 Å². The van der Waals surface area contributed by atoms with E-state index in [1.807, 2.05) is 13.1 Å². The molecular weight excluding hydrogens is 350 g/mol. The topological polar surface area (TPSA) is 50.4 Å². The average Bonchev–Trinajstić information content (AvgIpc) is 2.60. The Bertz CT molecular complexity index is 671. The number of nitrogens with one attached hydrogen (secondary N) is 2. The summed E-state index contributed by atoms with van der Waals surface area (Å²) in [6.45, 7) is 1.27. The van der Waals surface area contributed by atoms with Gasteiger partial charge in [0.25, 0.3) is 5.91 Å². The van der Waals surface area contributed by atoms with Gasteiger partial charge in [-0.1, -0.05) is 30.3 Å². The molecule has 0 saturated heterocycles. The van der Waals surface area contributed by atoms with Gasteiger partial charge in [0.15, 0.2) is 11.6 Å². The van der Waals surface area contributed by atoms with Crippen LogP contribution in [0.2, 0.25) is 0 Å². The maximum absolute atomic E-state index is 13.4. The molecule has 0 saturated carbocycles. The molecule has 7 heteroatoms. The molecule has 0 aromatic heterocycles. The van der Waals surface area contributed by atoms with Crippen molar-refractivity contribution in [3.63, 3.8) is 0 Å². The number of rotatable bonds is 8. The zero-order valence-electron chi connectivity index (χ0n) is 13.8. The maximum Gasteiger partial charge on any atom is 0.265 e. The summed E-state index contributed by atoms with van der Waals surface area (Å²) in [6, 6.07) is 12.1. The number of ether oxygens (including phenoxy) is 1. The predicted octanol–water partition coefficient (Wildman–Crippen LogP) is 3.23. The molecule has 2 aromatic rings. The van der Waals surface area contributed by atoms with Crippen LogP contribution in [0.15, 0.2) is 48.5 Å². The lowest BCUT2D eigenvalue weighted by molar-refractivity contribution is -0.128. The molecule has 0 aliphatic carbocycles. The second-order valence-corrected chi connectivity index (χ2v) is 5.23. The van der Waals surface area contributed by atoms with E-state index in [0.29, 0.717) is 12.1 Å². The van der Waals surface area contributed by atoms with E-state index >= 15 is 0 Å². The highest BCUT2D eigenvalue weighted by Gasteiger charge is 2.22. The van der Waals surface area contributed by atoms with Crippen LogP contribution in [0.25, 0.3) is 0 Å². The number of benzene rings is 2. The van der Waals surface area contributed by atoms with Crippen LogP contribution in [0, 0.1) is 11.6 Å². The first kappa shape index (κ1) is 20.9. The van der Waals surface area contributed by atoms with Gasteiger partial charge in [0.05, 0.1) is 0 Å². The molecule has 136 valence electrons. The van der Waals surface area contributed by atoms with Gasteiger partial charge in [-0.05, 0) is 32.1 Å². The molecule has 0 heterocycles. The molecular formula is C18H21ClF2N2O2. The number of amides is 1. The standard InChI is InChI=1S/C18H20F2N2O2.ClH/c1-21-10-5-11-22-18(23)17(13-6-3-2-4-7-13)24-14-8-9-15(19)16(20)12-14;/h2-4,6-9,12,17,21H,5,10-11H2,1H3,(H,22,23);1H. The highest BCUT2D eigenvalue weighted by Crippen LogP contribution is 2.24. The Kier molecular flexibility index (Phi) is 8.88. The fourth-order valence-corrected chi connectivity index (χ4v) is 2.16. The Morgan fingerprint density at radius 1 is 1.08 bits per heavy atom. The lowest BCUT2D eigenvalue weighted by Gasteiger charge is -2.19. The van der Waals surface area contributed by atoms with Crippen molar-refractivity contribution in [3.05, 3.63) is 65.7 Å². The maximum atomic E-state index is 13.4. The van der Waals surface area contributed by atoms with Gasteiger partial charge in [-0.3, -0.25) is 4.79 Å². The van der Waals surface area contributed by atoms with Crippen molar-refractivity contribution in [3.8, 4) is 5.75 Å². The normalized spacial score (nSPS) is 11.3. The first-order valence-electron chi connectivity index (χ1n) is 7.71. The number of carbonyl (C=O) groups is 1. The summed E-state index contributed by atoms with van der Waals surface area (Å²) >= 11 is 0. The molecule has 0 bridgehead atoms. The summed E-state index contributed by atoms with van der Waals surface area (Å²) in [4.78, 5) is 12.4. The molecule has 25 heavy (non-hydrogen) atoms. The second kappa shape index (κ2) is 10.6. The zero-order valence-corrected chi connectivity index (χ0v) is 14.6. The van der Waals surface area contributed by atoms with Crippen LogP contribution >= 0.6 is 12.4 Å². The SMILES string of the molecule is CNCCCNC(=O)C(Oc1ccc(F)c(F)c1)c1ccccc1.Cl. The molecule has 4 nitrogen and oxygen atoms in total. The predicted molar refractivity (Wildman–Crippen MR) is 95.0 cm³/mol. The Hall–Kier alpha value is -2.18. The number of halogens is 3. The first-order chi connectivity index (χ1) is 11.6. The van der Waals surface area contributed by atoms with Crippen LogP contribution in [0.4, 0.5) is 8.78 Å². The third kappa shape index (κ3) is 6.32. The smallest absolute Gasteiger partial charge is 0.265 e. The first-order valence-corrected chi connectivity index (χ1v) is 7.71. The van der Waals surface area contributed by atoms with Gasteiger partial charge in [0.2, 0.25) is 6.10 Å². The van der Waals surface area contributed by atoms with Gasteiger partial charge in [-0.2, -0.15) is 0 Å². The molecule has 2 N–H and O–H groups in total. The highest BCUT2D eigenvalue weighted by atomic mass is 35.5. The Balaban J connectivity index is 0.00000312. The molecule has 0 radical (unpaired) electrons. The van der Waals surface area contributed by atoms with Gasteiger partial charge in [-0.15, -0.1) is 12.4 Å². The van der Waals surface area contributed by atoms with Crippen molar-refractivity contribution < 1.29 is 18.3 Å². The fraction of sp³-hybridized carbons (Fsp3) is 0.278. The third-order valence-corrected chi connectivity index (χ3v) is 3.39. The summed E-state index contributed by atoms with van der Waals surface area (Å²) in [5.41, 5.74) is 0.633. The van der Waals surface area contributed by atoms with E-state index in [2.05, 4.69) is 10.6 Å². The van der Waals surface area contributed by atoms with E-state index in [1.165, 1.54) is 6.07 Å². The van der Waals surface area contributed by atoms with E-state index < -0.39 is 17.7 Å². The lowest BCUT2D eigenvalue weighted by atomic mass is 10.1. The van der Waals surface area contributed by atoms with E-state index in [4.69, 9.17) is 4.74 Å². The minimum Gasteiger partial charge on any atom is -0.476 e. The van der Waals surface area contributed by atoms with Crippen molar-refractivity contribution in [2.24, 2.45) is 0 Å². The van der Waals surface area contributed by atoms with Crippen LogP contribution in [-0.2, 0) is 4.79 Å². The highest BCUT2D eigenvalue weighted by molar-refractivity contribution is 5.85. The fourth-order valence-electron chi connectivity index (χ4n) is 2.16. The molecule has 0 aliphatic heterocycles. The second-order valence-electron chi connectivity index (χ2n) is 5.23. The van der Waals surface area contributed by atoms with Crippen LogP contribution in [-0.4, -0.2) is 26.0 Å². The van der Waals surface area contributed by atoms with Crippen molar-refractivity contribution >= 4 is 18.3 Å².